The number of non-ortho nitro benzene ring substituents is 1. The third-order valence-electron chi connectivity index (χ3n) is 6.01. The van der Waals surface area contributed by atoms with Crippen LogP contribution in [0.25, 0.3) is 0 Å². The molecule has 0 unspecified atom stereocenters. The van der Waals surface area contributed by atoms with E-state index >= 15 is 0 Å². The molecule has 212 valence electrons. The maximum atomic E-state index is 12.5. The molecule has 4 rings (SSSR count). The molecule has 1 aliphatic rings. The summed E-state index contributed by atoms with van der Waals surface area (Å²) in [4.78, 5) is 59.1. The van der Waals surface area contributed by atoms with Crippen LogP contribution < -0.4 is 15.5 Å². The zero-order valence-corrected chi connectivity index (χ0v) is 22.6. The van der Waals surface area contributed by atoms with Crippen LogP contribution in [0.1, 0.15) is 46.6 Å². The minimum absolute atomic E-state index is 0.176. The number of nitro benzene ring substituents is 2. The maximum Gasteiger partial charge on any atom is 0.341 e. The van der Waals surface area contributed by atoms with Crippen molar-refractivity contribution in [2.75, 3.05) is 11.9 Å². The number of nitrogens with zero attached hydrogens (tertiary/aromatic N) is 3. The van der Waals surface area contributed by atoms with E-state index in [0.29, 0.717) is 17.7 Å². The summed E-state index contributed by atoms with van der Waals surface area (Å²) >= 11 is 1.25. The molecular weight excluding hydrogens is 558 g/mol. The summed E-state index contributed by atoms with van der Waals surface area (Å²) < 4.78 is 10.7. The van der Waals surface area contributed by atoms with Crippen molar-refractivity contribution in [1.29, 1.82) is 0 Å². The van der Waals surface area contributed by atoms with Crippen LogP contribution in [0.2, 0.25) is 0 Å². The summed E-state index contributed by atoms with van der Waals surface area (Å²) in [7, 11) is 0. The summed E-state index contributed by atoms with van der Waals surface area (Å²) in [6.07, 6.45) is 2.38. The Morgan fingerprint density at radius 3 is 2.41 bits per heavy atom. The smallest absolute Gasteiger partial charge is 0.341 e. The number of nitro groups is 2. The molecule has 2 amide bonds. The van der Waals surface area contributed by atoms with E-state index in [2.05, 4.69) is 15.8 Å². The number of anilines is 1. The van der Waals surface area contributed by atoms with Gasteiger partial charge in [0.15, 0.2) is 0 Å². The van der Waals surface area contributed by atoms with E-state index in [1.54, 1.807) is 26.0 Å². The number of hydrogen-bond donors (Lipinski definition) is 2. The van der Waals surface area contributed by atoms with Crippen molar-refractivity contribution in [3.63, 3.8) is 0 Å². The van der Waals surface area contributed by atoms with E-state index in [9.17, 15) is 34.6 Å². The second-order valence-corrected chi connectivity index (χ2v) is 9.77. The second kappa shape index (κ2) is 12.3. The van der Waals surface area contributed by atoms with E-state index < -0.39 is 39.0 Å². The Balaban J connectivity index is 1.40. The Bertz CT molecular complexity index is 1580. The number of nitrogens with one attached hydrogen (secondary N) is 2. The number of ether oxygens (including phenoxy) is 2. The van der Waals surface area contributed by atoms with Gasteiger partial charge < -0.3 is 14.8 Å². The molecule has 3 aromatic rings. The van der Waals surface area contributed by atoms with Gasteiger partial charge in [-0.05, 0) is 74.6 Å². The molecule has 0 saturated heterocycles. The van der Waals surface area contributed by atoms with E-state index in [1.807, 2.05) is 0 Å². The van der Waals surface area contributed by atoms with Crippen LogP contribution in [0.15, 0.2) is 47.6 Å². The van der Waals surface area contributed by atoms with E-state index in [0.717, 1.165) is 41.5 Å². The molecule has 1 aliphatic carbocycles. The Kier molecular flexibility index (Phi) is 8.67. The quantitative estimate of drug-likeness (QED) is 0.120. The fourth-order valence-corrected chi connectivity index (χ4v) is 5.33. The topological polar surface area (TPSA) is 192 Å². The first-order valence-corrected chi connectivity index (χ1v) is 13.1. The number of aryl methyl sites for hydroxylation is 1. The summed E-state index contributed by atoms with van der Waals surface area (Å²) in [6.45, 7) is 3.44. The minimum atomic E-state index is -1.04. The van der Waals surface area contributed by atoms with Crippen LogP contribution >= 0.6 is 11.3 Å². The average molecular weight is 582 g/mol. The number of fused-ring (bicyclic) bond motifs is 1. The number of hydrogen-bond acceptors (Lipinski definition) is 11. The lowest BCUT2D eigenvalue weighted by Gasteiger charge is -2.08. The van der Waals surface area contributed by atoms with Crippen molar-refractivity contribution in [3.8, 4) is 11.5 Å². The van der Waals surface area contributed by atoms with Crippen molar-refractivity contribution >= 4 is 51.2 Å². The van der Waals surface area contributed by atoms with Crippen molar-refractivity contribution in [3.05, 3.63) is 84.3 Å². The zero-order chi connectivity index (χ0) is 29.7. The highest BCUT2D eigenvalue weighted by molar-refractivity contribution is 7.17. The van der Waals surface area contributed by atoms with Crippen LogP contribution in [0.4, 0.5) is 16.4 Å². The van der Waals surface area contributed by atoms with Crippen molar-refractivity contribution in [2.45, 2.75) is 33.1 Å². The Labute approximate surface area is 236 Å². The van der Waals surface area contributed by atoms with Gasteiger partial charge in [0.25, 0.3) is 5.69 Å². The molecule has 1 heterocycles. The van der Waals surface area contributed by atoms with Gasteiger partial charge in [0.2, 0.25) is 5.75 Å². The summed E-state index contributed by atoms with van der Waals surface area (Å²) in [5, 5.41) is 28.9. The van der Waals surface area contributed by atoms with Crippen LogP contribution in [-0.4, -0.2) is 39.9 Å². The van der Waals surface area contributed by atoms with Gasteiger partial charge in [-0.3, -0.25) is 29.8 Å². The number of hydrazone groups is 1. The average Bonchev–Trinajstić information content (AvgIpc) is 3.53. The predicted molar refractivity (Wildman–Crippen MR) is 148 cm³/mol. The van der Waals surface area contributed by atoms with Crippen molar-refractivity contribution in [1.82, 2.24) is 5.43 Å². The number of carbonyl (C=O) groups excluding carboxylic acids is 3. The molecular formula is C26H23N5O9S. The van der Waals surface area contributed by atoms with Gasteiger partial charge in [-0.15, -0.1) is 11.3 Å². The lowest BCUT2D eigenvalue weighted by Crippen LogP contribution is -2.33. The van der Waals surface area contributed by atoms with Gasteiger partial charge in [-0.2, -0.15) is 5.10 Å². The molecule has 0 fully saturated rings. The normalized spacial score (nSPS) is 12.3. The van der Waals surface area contributed by atoms with Crippen LogP contribution in [0.5, 0.6) is 11.5 Å². The first-order chi connectivity index (χ1) is 19.6. The molecule has 0 radical (unpaired) electrons. The Morgan fingerprint density at radius 2 is 1.76 bits per heavy atom. The number of benzene rings is 2. The summed E-state index contributed by atoms with van der Waals surface area (Å²) in [5.74, 6) is -2.56. The van der Waals surface area contributed by atoms with Gasteiger partial charge in [-0.1, -0.05) is 0 Å². The van der Waals surface area contributed by atoms with Crippen LogP contribution in [0, 0.1) is 20.2 Å². The number of rotatable bonds is 9. The third kappa shape index (κ3) is 6.52. The van der Waals surface area contributed by atoms with Crippen LogP contribution in [-0.2, 0) is 27.2 Å². The summed E-state index contributed by atoms with van der Waals surface area (Å²) in [6, 6.07) is 9.14. The Hall–Kier alpha value is -5.18. The van der Waals surface area contributed by atoms with Gasteiger partial charge in [0.1, 0.15) is 10.8 Å². The molecule has 0 aliphatic heterocycles. The SMILES string of the molecule is CCOC(=O)c1c(NC(=O)C(=O)NN=C(C)c2ccc(Oc3ccc([N+](=O)[O-])cc3[N+](=O)[O-])cc2)sc2c1CCC2. The first-order valence-electron chi connectivity index (χ1n) is 12.3. The van der Waals surface area contributed by atoms with Crippen molar-refractivity contribution in [2.24, 2.45) is 5.10 Å². The molecule has 0 saturated carbocycles. The highest BCUT2D eigenvalue weighted by Crippen LogP contribution is 2.39. The standard InChI is InChI=1S/C26H23N5O9S/c1-3-39-26(34)22-18-5-4-6-21(18)41-25(22)27-23(32)24(33)29-28-14(2)15-7-10-17(11-8-15)40-20-12-9-16(30(35)36)13-19(20)31(37)38/h7-13H,3-6H2,1-2H3,(H,27,32)(H,29,33). The highest BCUT2D eigenvalue weighted by atomic mass is 32.1. The van der Waals surface area contributed by atoms with Gasteiger partial charge in [0.05, 0.1) is 33.8 Å². The molecule has 2 N–H and O–H groups in total. The van der Waals surface area contributed by atoms with Crippen molar-refractivity contribution < 1.29 is 33.7 Å². The van der Waals surface area contributed by atoms with Gasteiger partial charge in [0, 0.05) is 10.9 Å². The third-order valence-corrected chi connectivity index (χ3v) is 7.22. The molecule has 15 heteroatoms. The fraction of sp³-hybridized carbons (Fsp3) is 0.231. The second-order valence-electron chi connectivity index (χ2n) is 8.67. The lowest BCUT2D eigenvalue weighted by atomic mass is 10.1. The number of amides is 2. The van der Waals surface area contributed by atoms with Gasteiger partial charge in [-0.25, -0.2) is 10.2 Å². The predicted octanol–water partition coefficient (Wildman–Crippen LogP) is 4.50. The van der Waals surface area contributed by atoms with Crippen LogP contribution in [0.3, 0.4) is 0 Å². The number of carbonyl (C=O) groups is 3. The Morgan fingerprint density at radius 1 is 1.02 bits per heavy atom. The molecule has 2 aromatic carbocycles. The first kappa shape index (κ1) is 28.8. The molecule has 1 aromatic heterocycles. The van der Waals surface area contributed by atoms with E-state index in [-0.39, 0.29) is 28.7 Å². The number of thiophene rings is 1. The molecule has 14 nitrogen and oxygen atoms in total. The maximum absolute atomic E-state index is 12.5. The molecule has 0 atom stereocenters. The molecule has 41 heavy (non-hydrogen) atoms. The van der Waals surface area contributed by atoms with Gasteiger partial charge >= 0.3 is 23.5 Å². The molecule has 0 bridgehead atoms. The highest BCUT2D eigenvalue weighted by Gasteiger charge is 2.29. The summed E-state index contributed by atoms with van der Waals surface area (Å²) in [5.41, 5.74) is 3.16. The van der Waals surface area contributed by atoms with E-state index in [4.69, 9.17) is 9.47 Å². The largest absolute Gasteiger partial charge is 0.462 e. The van der Waals surface area contributed by atoms with E-state index in [1.165, 1.54) is 23.5 Å². The lowest BCUT2D eigenvalue weighted by molar-refractivity contribution is -0.394. The number of esters is 1. The minimum Gasteiger partial charge on any atom is -0.462 e. The molecule has 0 spiro atoms. The fourth-order valence-electron chi connectivity index (χ4n) is 4.06. The monoisotopic (exact) mass is 581 g/mol. The zero-order valence-electron chi connectivity index (χ0n) is 21.8.